The first-order valence-corrected chi connectivity index (χ1v) is 6.41. The third-order valence-corrected chi connectivity index (χ3v) is 3.36. The predicted octanol–water partition coefficient (Wildman–Crippen LogP) is 1.85. The monoisotopic (exact) mass is 303 g/mol. The van der Waals surface area contributed by atoms with Crippen molar-refractivity contribution in [2.45, 2.75) is 19.1 Å². The van der Waals surface area contributed by atoms with Crippen LogP contribution in [-0.4, -0.2) is 36.6 Å². The van der Waals surface area contributed by atoms with E-state index in [1.807, 2.05) is 5.43 Å². The molecule has 0 bridgehead atoms. The molecule has 5 nitrogen and oxygen atoms in total. The third kappa shape index (κ3) is 3.27. The minimum atomic E-state index is -4.59. The highest BCUT2D eigenvalue weighted by Crippen LogP contribution is 2.35. The maximum absolute atomic E-state index is 13.0. The fourth-order valence-corrected chi connectivity index (χ4v) is 2.23. The molecule has 116 valence electrons. The Morgan fingerprint density at radius 1 is 1.48 bits per heavy atom. The van der Waals surface area contributed by atoms with Crippen LogP contribution in [0.25, 0.3) is 0 Å². The lowest BCUT2D eigenvalue weighted by atomic mass is 10.1. The standard InChI is InChI=1S/C13H16F3N3O2/c1-8-7-21-5-4-19(8)12(20)9-2-3-11(18-17)10(6-9)13(14,15)16/h2-3,6,8,18H,4-5,7,17H2,1H3. The van der Waals surface area contributed by atoms with Crippen LogP contribution in [0.15, 0.2) is 18.2 Å². The van der Waals surface area contributed by atoms with Gasteiger partial charge in [0.1, 0.15) is 0 Å². The minimum Gasteiger partial charge on any atom is -0.377 e. The molecular formula is C13H16F3N3O2. The highest BCUT2D eigenvalue weighted by Gasteiger charge is 2.35. The first-order valence-electron chi connectivity index (χ1n) is 6.41. The van der Waals surface area contributed by atoms with Crippen LogP contribution in [0.5, 0.6) is 0 Å². The van der Waals surface area contributed by atoms with E-state index >= 15 is 0 Å². The fourth-order valence-electron chi connectivity index (χ4n) is 2.23. The minimum absolute atomic E-state index is 0.0184. The number of nitrogen functional groups attached to an aromatic ring is 1. The van der Waals surface area contributed by atoms with Crippen LogP contribution in [0.1, 0.15) is 22.8 Å². The van der Waals surface area contributed by atoms with Crippen molar-refractivity contribution in [3.05, 3.63) is 29.3 Å². The van der Waals surface area contributed by atoms with Crippen molar-refractivity contribution >= 4 is 11.6 Å². The summed E-state index contributed by atoms with van der Waals surface area (Å²) in [6.07, 6.45) is -4.59. The third-order valence-electron chi connectivity index (χ3n) is 3.36. The van der Waals surface area contributed by atoms with Gasteiger partial charge in [0.15, 0.2) is 0 Å². The second-order valence-electron chi connectivity index (χ2n) is 4.82. The Kier molecular flexibility index (Phi) is 4.38. The van der Waals surface area contributed by atoms with Gasteiger partial charge in [-0.1, -0.05) is 0 Å². The molecule has 1 saturated heterocycles. The molecule has 1 unspecified atom stereocenters. The number of amides is 1. The number of anilines is 1. The van der Waals surface area contributed by atoms with Crippen molar-refractivity contribution in [3.8, 4) is 0 Å². The lowest BCUT2D eigenvalue weighted by molar-refractivity contribution is -0.137. The summed E-state index contributed by atoms with van der Waals surface area (Å²) < 4.78 is 44.1. The van der Waals surface area contributed by atoms with Crippen molar-refractivity contribution in [1.29, 1.82) is 0 Å². The van der Waals surface area contributed by atoms with E-state index in [4.69, 9.17) is 10.6 Å². The van der Waals surface area contributed by atoms with Crippen LogP contribution in [-0.2, 0) is 10.9 Å². The molecule has 2 rings (SSSR count). The van der Waals surface area contributed by atoms with Gasteiger partial charge in [0.25, 0.3) is 5.91 Å². The van der Waals surface area contributed by atoms with Gasteiger partial charge in [-0.3, -0.25) is 10.6 Å². The van der Waals surface area contributed by atoms with E-state index in [1.54, 1.807) is 6.92 Å². The lowest BCUT2D eigenvalue weighted by Crippen LogP contribution is -2.47. The van der Waals surface area contributed by atoms with Crippen molar-refractivity contribution in [3.63, 3.8) is 0 Å². The van der Waals surface area contributed by atoms with Gasteiger partial charge < -0.3 is 15.1 Å². The van der Waals surface area contributed by atoms with Crippen molar-refractivity contribution < 1.29 is 22.7 Å². The number of hydrogen-bond donors (Lipinski definition) is 2. The molecule has 1 fully saturated rings. The maximum atomic E-state index is 13.0. The van der Waals surface area contributed by atoms with E-state index < -0.39 is 17.6 Å². The van der Waals surface area contributed by atoms with E-state index in [1.165, 1.54) is 11.0 Å². The van der Waals surface area contributed by atoms with E-state index in [2.05, 4.69) is 0 Å². The number of morpholine rings is 1. The molecule has 1 atom stereocenters. The Morgan fingerprint density at radius 2 is 2.19 bits per heavy atom. The number of halogens is 3. The zero-order valence-electron chi connectivity index (χ0n) is 11.4. The Balaban J connectivity index is 2.34. The number of carbonyl (C=O) groups excluding carboxylic acids is 1. The second kappa shape index (κ2) is 5.90. The number of carbonyl (C=O) groups is 1. The van der Waals surface area contributed by atoms with E-state index in [0.29, 0.717) is 19.8 Å². The van der Waals surface area contributed by atoms with Crippen molar-refractivity contribution in [2.75, 3.05) is 25.2 Å². The number of rotatable bonds is 2. The predicted molar refractivity (Wildman–Crippen MR) is 70.6 cm³/mol. The van der Waals surface area contributed by atoms with Crippen LogP contribution in [0.2, 0.25) is 0 Å². The first-order chi connectivity index (χ1) is 9.84. The number of nitrogens with zero attached hydrogens (tertiary/aromatic N) is 1. The van der Waals surface area contributed by atoms with E-state index in [-0.39, 0.29) is 17.3 Å². The summed E-state index contributed by atoms with van der Waals surface area (Å²) in [4.78, 5) is 13.8. The Labute approximate surface area is 119 Å². The topological polar surface area (TPSA) is 67.6 Å². The SMILES string of the molecule is CC1COCCN1C(=O)c1ccc(NN)c(C(F)(F)F)c1. The van der Waals surface area contributed by atoms with Gasteiger partial charge in [-0.05, 0) is 25.1 Å². The normalized spacial score (nSPS) is 19.5. The highest BCUT2D eigenvalue weighted by atomic mass is 19.4. The van der Waals surface area contributed by atoms with Gasteiger partial charge in [-0.15, -0.1) is 0 Å². The number of nitrogens with two attached hydrogens (primary N) is 1. The molecule has 0 spiro atoms. The molecule has 3 N–H and O–H groups in total. The first kappa shape index (κ1) is 15.6. The zero-order chi connectivity index (χ0) is 15.6. The average Bonchev–Trinajstić information content (AvgIpc) is 2.45. The van der Waals surface area contributed by atoms with Crippen LogP contribution in [0, 0.1) is 0 Å². The largest absolute Gasteiger partial charge is 0.418 e. The van der Waals surface area contributed by atoms with Gasteiger partial charge in [0.05, 0.1) is 30.5 Å². The quantitative estimate of drug-likeness (QED) is 0.646. The molecular weight excluding hydrogens is 287 g/mol. The highest BCUT2D eigenvalue weighted by molar-refractivity contribution is 5.95. The fraction of sp³-hybridized carbons (Fsp3) is 0.462. The van der Waals surface area contributed by atoms with Gasteiger partial charge in [0, 0.05) is 12.1 Å². The molecule has 1 aliphatic rings. The van der Waals surface area contributed by atoms with Crippen molar-refractivity contribution in [1.82, 2.24) is 4.90 Å². The number of hydrazine groups is 1. The molecule has 1 aromatic rings. The molecule has 1 aromatic carbocycles. The summed E-state index contributed by atoms with van der Waals surface area (Å²) in [6.45, 7) is 2.90. The molecule has 21 heavy (non-hydrogen) atoms. The summed E-state index contributed by atoms with van der Waals surface area (Å²) in [5, 5.41) is 0. The maximum Gasteiger partial charge on any atom is 0.418 e. The van der Waals surface area contributed by atoms with Crippen LogP contribution < -0.4 is 11.3 Å². The van der Waals surface area contributed by atoms with Gasteiger partial charge in [0.2, 0.25) is 0 Å². The van der Waals surface area contributed by atoms with E-state index in [0.717, 1.165) is 12.1 Å². The summed E-state index contributed by atoms with van der Waals surface area (Å²) in [5.41, 5.74) is 0.743. The molecule has 1 aliphatic heterocycles. The van der Waals surface area contributed by atoms with Crippen LogP contribution in [0.3, 0.4) is 0 Å². The number of hydrogen-bond acceptors (Lipinski definition) is 4. The Morgan fingerprint density at radius 3 is 2.76 bits per heavy atom. The second-order valence-corrected chi connectivity index (χ2v) is 4.82. The summed E-state index contributed by atoms with van der Waals surface area (Å²) >= 11 is 0. The Hall–Kier alpha value is -1.80. The number of ether oxygens (including phenoxy) is 1. The Bertz CT molecular complexity index is 534. The van der Waals surface area contributed by atoms with Crippen LogP contribution >= 0.6 is 0 Å². The smallest absolute Gasteiger partial charge is 0.377 e. The average molecular weight is 303 g/mol. The lowest BCUT2D eigenvalue weighted by Gasteiger charge is -2.33. The summed E-state index contributed by atoms with van der Waals surface area (Å²) in [5.74, 6) is 4.63. The number of nitrogens with one attached hydrogen (secondary N) is 1. The summed E-state index contributed by atoms with van der Waals surface area (Å²) in [6, 6.07) is 3.13. The summed E-state index contributed by atoms with van der Waals surface area (Å²) in [7, 11) is 0. The molecule has 0 aromatic heterocycles. The van der Waals surface area contributed by atoms with Gasteiger partial charge >= 0.3 is 6.18 Å². The number of alkyl halides is 3. The van der Waals surface area contributed by atoms with Crippen LogP contribution in [0.4, 0.5) is 18.9 Å². The van der Waals surface area contributed by atoms with Gasteiger partial charge in [-0.2, -0.15) is 13.2 Å². The van der Waals surface area contributed by atoms with Crippen molar-refractivity contribution in [2.24, 2.45) is 5.84 Å². The molecule has 0 aliphatic carbocycles. The molecule has 1 amide bonds. The molecule has 0 radical (unpaired) electrons. The van der Waals surface area contributed by atoms with Gasteiger partial charge in [-0.25, -0.2) is 0 Å². The number of benzene rings is 1. The molecule has 1 heterocycles. The zero-order valence-corrected chi connectivity index (χ0v) is 11.4. The molecule has 8 heteroatoms. The molecule has 0 saturated carbocycles. The van der Waals surface area contributed by atoms with E-state index in [9.17, 15) is 18.0 Å².